The Labute approximate surface area is 132 Å². The molecule has 2 aliphatic rings. The first-order valence-corrected chi connectivity index (χ1v) is 7.60. The molecule has 0 bridgehead atoms. The third-order valence-corrected chi connectivity index (χ3v) is 4.23. The highest BCUT2D eigenvalue weighted by molar-refractivity contribution is 5.86. The van der Waals surface area contributed by atoms with E-state index in [2.05, 4.69) is 5.32 Å². The van der Waals surface area contributed by atoms with E-state index in [4.69, 9.17) is 4.74 Å². The zero-order valence-electron chi connectivity index (χ0n) is 12.8. The number of amides is 1. The zero-order valence-corrected chi connectivity index (χ0v) is 12.8. The molecule has 1 aliphatic heterocycles. The van der Waals surface area contributed by atoms with Crippen LogP contribution in [0.25, 0.3) is 0 Å². The van der Waals surface area contributed by atoms with Crippen LogP contribution >= 0.6 is 0 Å². The molecular weight excluding hydrogens is 305 g/mol. The second-order valence-electron chi connectivity index (χ2n) is 5.87. The van der Waals surface area contributed by atoms with E-state index in [0.29, 0.717) is 13.0 Å². The molecular formula is C15H18FN3O4. The van der Waals surface area contributed by atoms with Crippen LogP contribution in [0.15, 0.2) is 12.1 Å². The van der Waals surface area contributed by atoms with Crippen LogP contribution in [0, 0.1) is 15.9 Å². The number of carbonyl (C=O) groups is 1. The Balaban J connectivity index is 1.89. The predicted octanol–water partition coefficient (Wildman–Crippen LogP) is 1.99. The topological polar surface area (TPSA) is 84.7 Å². The number of nitro benzene ring substituents is 1. The van der Waals surface area contributed by atoms with Crippen molar-refractivity contribution in [3.8, 4) is 5.75 Å². The summed E-state index contributed by atoms with van der Waals surface area (Å²) in [4.78, 5) is 24.2. The van der Waals surface area contributed by atoms with Crippen molar-refractivity contribution in [3.63, 3.8) is 0 Å². The second kappa shape index (κ2) is 6.02. The summed E-state index contributed by atoms with van der Waals surface area (Å²) < 4.78 is 19.4. The van der Waals surface area contributed by atoms with Crippen molar-refractivity contribution in [2.24, 2.45) is 0 Å². The van der Waals surface area contributed by atoms with Crippen LogP contribution in [0.2, 0.25) is 0 Å². The van der Waals surface area contributed by atoms with Crippen molar-refractivity contribution < 1.29 is 18.8 Å². The molecule has 3 rings (SSSR count). The van der Waals surface area contributed by atoms with Crippen LogP contribution in [0.4, 0.5) is 15.8 Å². The molecule has 1 aromatic carbocycles. The minimum atomic E-state index is -0.719. The quantitative estimate of drug-likeness (QED) is 0.662. The molecule has 1 atom stereocenters. The number of rotatable bonds is 5. The van der Waals surface area contributed by atoms with E-state index in [1.165, 1.54) is 13.2 Å². The molecule has 8 heteroatoms. The molecule has 23 heavy (non-hydrogen) atoms. The Morgan fingerprint density at radius 3 is 2.78 bits per heavy atom. The van der Waals surface area contributed by atoms with Crippen molar-refractivity contribution >= 4 is 17.3 Å². The van der Waals surface area contributed by atoms with Gasteiger partial charge in [-0.25, -0.2) is 4.39 Å². The van der Waals surface area contributed by atoms with Gasteiger partial charge in [-0.05, 0) is 25.7 Å². The van der Waals surface area contributed by atoms with Crippen LogP contribution in [-0.4, -0.2) is 36.6 Å². The number of nitro groups is 1. The van der Waals surface area contributed by atoms with Gasteiger partial charge in [0.15, 0.2) is 11.6 Å². The second-order valence-corrected chi connectivity index (χ2v) is 5.87. The number of methoxy groups -OCH3 is 1. The molecule has 1 N–H and O–H groups in total. The monoisotopic (exact) mass is 323 g/mol. The number of benzene rings is 1. The summed E-state index contributed by atoms with van der Waals surface area (Å²) in [7, 11) is 1.30. The van der Waals surface area contributed by atoms with Gasteiger partial charge in [-0.3, -0.25) is 14.9 Å². The third kappa shape index (κ3) is 3.06. The normalized spacial score (nSPS) is 20.4. The summed E-state index contributed by atoms with van der Waals surface area (Å²) >= 11 is 0. The number of ether oxygens (including phenoxy) is 1. The van der Waals surface area contributed by atoms with Gasteiger partial charge in [0.1, 0.15) is 6.04 Å². The third-order valence-electron chi connectivity index (χ3n) is 4.23. The minimum absolute atomic E-state index is 0.0142. The average Bonchev–Trinajstić information content (AvgIpc) is 3.19. The molecule has 1 saturated carbocycles. The Bertz CT molecular complexity index is 648. The van der Waals surface area contributed by atoms with E-state index in [1.54, 1.807) is 4.90 Å². The molecule has 0 spiro atoms. The van der Waals surface area contributed by atoms with Crippen molar-refractivity contribution in [2.75, 3.05) is 18.6 Å². The highest BCUT2D eigenvalue weighted by Crippen LogP contribution is 2.37. The molecule has 1 saturated heterocycles. The summed E-state index contributed by atoms with van der Waals surface area (Å²) in [6, 6.07) is 1.94. The van der Waals surface area contributed by atoms with Crippen molar-refractivity contribution in [1.82, 2.24) is 5.32 Å². The lowest BCUT2D eigenvalue weighted by Crippen LogP contribution is -2.44. The van der Waals surface area contributed by atoms with E-state index >= 15 is 0 Å². The zero-order chi connectivity index (χ0) is 16.6. The predicted molar refractivity (Wildman–Crippen MR) is 81.1 cm³/mol. The first kappa shape index (κ1) is 15.5. The molecule has 124 valence electrons. The number of hydrogen-bond donors (Lipinski definition) is 1. The lowest BCUT2D eigenvalue weighted by Gasteiger charge is -2.26. The van der Waals surface area contributed by atoms with Gasteiger partial charge >= 0.3 is 5.69 Å². The fourth-order valence-electron chi connectivity index (χ4n) is 2.91. The molecule has 0 aromatic heterocycles. The average molecular weight is 323 g/mol. The van der Waals surface area contributed by atoms with Crippen LogP contribution in [-0.2, 0) is 4.79 Å². The van der Waals surface area contributed by atoms with E-state index in [9.17, 15) is 19.3 Å². The summed E-state index contributed by atoms with van der Waals surface area (Å²) in [6.45, 7) is 0.528. The fourth-order valence-corrected chi connectivity index (χ4v) is 2.91. The van der Waals surface area contributed by atoms with Gasteiger partial charge in [0.25, 0.3) is 0 Å². The first-order valence-electron chi connectivity index (χ1n) is 7.60. The van der Waals surface area contributed by atoms with Crippen molar-refractivity contribution in [2.45, 2.75) is 37.8 Å². The highest BCUT2D eigenvalue weighted by Gasteiger charge is 2.36. The summed E-state index contributed by atoms with van der Waals surface area (Å²) in [6.07, 6.45) is 3.37. The van der Waals surface area contributed by atoms with Crippen LogP contribution < -0.4 is 15.0 Å². The van der Waals surface area contributed by atoms with E-state index in [0.717, 1.165) is 25.3 Å². The number of anilines is 1. The molecule has 1 aliphatic carbocycles. The van der Waals surface area contributed by atoms with E-state index in [-0.39, 0.29) is 23.4 Å². The molecule has 7 nitrogen and oxygen atoms in total. The van der Waals surface area contributed by atoms with Gasteiger partial charge in [-0.1, -0.05) is 0 Å². The maximum atomic E-state index is 14.4. The van der Waals surface area contributed by atoms with Gasteiger partial charge in [0.2, 0.25) is 5.91 Å². The van der Waals surface area contributed by atoms with Crippen LogP contribution in [0.1, 0.15) is 25.7 Å². The van der Waals surface area contributed by atoms with Gasteiger partial charge in [0, 0.05) is 18.7 Å². The van der Waals surface area contributed by atoms with E-state index in [1.807, 2.05) is 0 Å². The van der Waals surface area contributed by atoms with Gasteiger partial charge in [-0.2, -0.15) is 0 Å². The number of carbonyl (C=O) groups excluding carboxylic acids is 1. The van der Waals surface area contributed by atoms with Gasteiger partial charge in [-0.15, -0.1) is 0 Å². The molecule has 0 unspecified atom stereocenters. The smallest absolute Gasteiger partial charge is 0.313 e. The Kier molecular flexibility index (Phi) is 4.06. The van der Waals surface area contributed by atoms with Gasteiger partial charge in [0.05, 0.1) is 23.8 Å². The maximum Gasteiger partial charge on any atom is 0.313 e. The van der Waals surface area contributed by atoms with Crippen molar-refractivity contribution in [1.29, 1.82) is 0 Å². The maximum absolute atomic E-state index is 14.4. The number of nitrogens with zero attached hydrogens (tertiary/aromatic N) is 2. The highest BCUT2D eigenvalue weighted by atomic mass is 19.1. The molecule has 1 heterocycles. The van der Waals surface area contributed by atoms with Crippen LogP contribution in [0.3, 0.4) is 0 Å². The number of hydrogen-bond acceptors (Lipinski definition) is 5. The Morgan fingerprint density at radius 1 is 1.43 bits per heavy atom. The Hall–Kier alpha value is -2.38. The number of halogens is 1. The molecule has 1 aromatic rings. The fraction of sp³-hybridized carbons (Fsp3) is 0.533. The Morgan fingerprint density at radius 2 is 2.17 bits per heavy atom. The van der Waals surface area contributed by atoms with Gasteiger partial charge < -0.3 is 15.0 Å². The molecule has 0 radical (unpaired) electrons. The van der Waals surface area contributed by atoms with E-state index < -0.39 is 22.5 Å². The number of nitrogens with one attached hydrogen (secondary N) is 1. The SMILES string of the molecule is COc1cc(N2CCC[C@H]2C(=O)NC2CC2)c(F)cc1[N+](=O)[O-]. The largest absolute Gasteiger partial charge is 0.490 e. The molecule has 2 fully saturated rings. The summed E-state index contributed by atoms with van der Waals surface area (Å²) in [5.41, 5.74) is -0.257. The lowest BCUT2D eigenvalue weighted by atomic mass is 10.1. The summed E-state index contributed by atoms with van der Waals surface area (Å²) in [5, 5.41) is 13.9. The molecule has 1 amide bonds. The lowest BCUT2D eigenvalue weighted by molar-refractivity contribution is -0.385. The van der Waals surface area contributed by atoms with Crippen molar-refractivity contribution in [3.05, 3.63) is 28.1 Å². The van der Waals surface area contributed by atoms with Crippen LogP contribution in [0.5, 0.6) is 5.75 Å². The first-order chi connectivity index (χ1) is 11.0. The minimum Gasteiger partial charge on any atom is -0.490 e. The summed E-state index contributed by atoms with van der Waals surface area (Å²) in [5.74, 6) is -0.843. The standard InChI is InChI=1S/C15H18FN3O4/c1-23-14-8-12(10(16)7-13(14)19(21)22)18-6-2-3-11(18)15(20)17-9-4-5-9/h7-9,11H,2-6H2,1H3,(H,17,20)/t11-/m0/s1.